The van der Waals surface area contributed by atoms with Crippen molar-refractivity contribution in [3.63, 3.8) is 0 Å². The highest BCUT2D eigenvalue weighted by Crippen LogP contribution is 2.46. The molecule has 23 heavy (non-hydrogen) atoms. The SMILES string of the molecule is COc1cc(C)cc(OC)c1[C@@H](N1CCNCC1)C(F)(F)F.Cl. The number of benzene rings is 1. The van der Waals surface area contributed by atoms with E-state index in [1.165, 1.54) is 19.1 Å². The number of hydrogen-bond acceptors (Lipinski definition) is 4. The number of aryl methyl sites for hydroxylation is 1. The molecular weight excluding hydrogens is 333 g/mol. The highest BCUT2D eigenvalue weighted by Gasteiger charge is 2.47. The van der Waals surface area contributed by atoms with E-state index in [-0.39, 0.29) is 29.5 Å². The molecule has 1 N–H and O–H groups in total. The zero-order valence-corrected chi connectivity index (χ0v) is 14.2. The van der Waals surface area contributed by atoms with Crippen LogP contribution in [-0.2, 0) is 0 Å². The number of ether oxygens (including phenoxy) is 2. The molecule has 1 fully saturated rings. The number of methoxy groups -OCH3 is 2. The largest absolute Gasteiger partial charge is 0.496 e. The van der Waals surface area contributed by atoms with E-state index >= 15 is 0 Å². The van der Waals surface area contributed by atoms with E-state index in [2.05, 4.69) is 5.32 Å². The van der Waals surface area contributed by atoms with Gasteiger partial charge in [-0.25, -0.2) is 0 Å². The Labute approximate surface area is 140 Å². The number of hydrogen-bond donors (Lipinski definition) is 1. The molecule has 132 valence electrons. The van der Waals surface area contributed by atoms with Gasteiger partial charge in [0.05, 0.1) is 19.8 Å². The van der Waals surface area contributed by atoms with Crippen molar-refractivity contribution in [3.05, 3.63) is 23.3 Å². The van der Waals surface area contributed by atoms with Gasteiger partial charge in [0.1, 0.15) is 17.5 Å². The molecule has 0 amide bonds. The molecule has 0 bridgehead atoms. The lowest BCUT2D eigenvalue weighted by molar-refractivity contribution is -0.188. The summed E-state index contributed by atoms with van der Waals surface area (Å²) in [4.78, 5) is 1.42. The molecule has 1 aliphatic heterocycles. The topological polar surface area (TPSA) is 33.7 Å². The van der Waals surface area contributed by atoms with Crippen LogP contribution in [0.2, 0.25) is 0 Å². The Morgan fingerprint density at radius 2 is 1.57 bits per heavy atom. The van der Waals surface area contributed by atoms with E-state index in [1.807, 2.05) is 0 Å². The van der Waals surface area contributed by atoms with Crippen LogP contribution in [0.1, 0.15) is 17.2 Å². The van der Waals surface area contributed by atoms with Crippen LogP contribution >= 0.6 is 12.4 Å². The lowest BCUT2D eigenvalue weighted by Gasteiger charge is -2.37. The molecular formula is C15H22ClF3N2O2. The lowest BCUT2D eigenvalue weighted by atomic mass is 9.99. The molecule has 0 aromatic heterocycles. The van der Waals surface area contributed by atoms with Crippen molar-refractivity contribution in [2.75, 3.05) is 40.4 Å². The summed E-state index contributed by atoms with van der Waals surface area (Å²) >= 11 is 0. The molecule has 1 saturated heterocycles. The molecule has 2 rings (SSSR count). The molecule has 1 heterocycles. The van der Waals surface area contributed by atoms with Crippen molar-refractivity contribution in [1.29, 1.82) is 0 Å². The molecule has 4 nitrogen and oxygen atoms in total. The average Bonchev–Trinajstić information content (AvgIpc) is 2.48. The van der Waals surface area contributed by atoms with Gasteiger partial charge < -0.3 is 14.8 Å². The van der Waals surface area contributed by atoms with Crippen LogP contribution < -0.4 is 14.8 Å². The highest BCUT2D eigenvalue weighted by molar-refractivity contribution is 5.85. The number of rotatable bonds is 4. The lowest BCUT2D eigenvalue weighted by Crippen LogP contribution is -2.49. The standard InChI is InChI=1S/C15H21F3N2O2.ClH/c1-10-8-11(21-2)13(12(9-10)22-3)14(15(16,17)18)20-6-4-19-5-7-20;/h8-9,14,19H,4-7H2,1-3H3;1H/t14-;/m1./s1. The third-order valence-corrected chi connectivity index (χ3v) is 3.79. The molecule has 0 saturated carbocycles. The van der Waals surface area contributed by atoms with Gasteiger partial charge >= 0.3 is 6.18 Å². The first kappa shape index (κ1) is 19.9. The summed E-state index contributed by atoms with van der Waals surface area (Å²) in [7, 11) is 2.76. The first-order chi connectivity index (χ1) is 10.4. The van der Waals surface area contributed by atoms with Crippen molar-refractivity contribution < 1.29 is 22.6 Å². The fourth-order valence-electron chi connectivity index (χ4n) is 2.83. The summed E-state index contributed by atoms with van der Waals surface area (Å²) in [5, 5.41) is 3.07. The summed E-state index contributed by atoms with van der Waals surface area (Å²) in [5.41, 5.74) is 0.837. The number of nitrogens with zero attached hydrogens (tertiary/aromatic N) is 1. The predicted molar refractivity (Wildman–Crippen MR) is 84.8 cm³/mol. The van der Waals surface area contributed by atoms with Gasteiger partial charge in [-0.3, -0.25) is 4.90 Å². The summed E-state index contributed by atoms with van der Waals surface area (Å²) in [5.74, 6) is 0.412. The Hall–Kier alpha value is -1.18. The summed E-state index contributed by atoms with van der Waals surface area (Å²) in [6, 6.07) is 1.48. The van der Waals surface area contributed by atoms with Gasteiger partial charge in [-0.15, -0.1) is 12.4 Å². The Bertz CT molecular complexity index is 495. The minimum atomic E-state index is -4.41. The molecule has 0 unspecified atom stereocenters. The van der Waals surface area contributed by atoms with Crippen molar-refractivity contribution >= 4 is 12.4 Å². The minimum Gasteiger partial charge on any atom is -0.496 e. The minimum absolute atomic E-state index is 0. The van der Waals surface area contributed by atoms with Gasteiger partial charge in [-0.05, 0) is 24.6 Å². The van der Waals surface area contributed by atoms with E-state index < -0.39 is 12.2 Å². The Morgan fingerprint density at radius 3 is 1.96 bits per heavy atom. The van der Waals surface area contributed by atoms with Gasteiger partial charge in [0.15, 0.2) is 0 Å². The van der Waals surface area contributed by atoms with E-state index in [9.17, 15) is 13.2 Å². The zero-order chi connectivity index (χ0) is 16.3. The van der Waals surface area contributed by atoms with Crippen LogP contribution in [0, 0.1) is 6.92 Å². The molecule has 0 radical (unpaired) electrons. The molecule has 1 aromatic rings. The number of piperazine rings is 1. The fraction of sp³-hybridized carbons (Fsp3) is 0.600. The van der Waals surface area contributed by atoms with Crippen molar-refractivity contribution in [3.8, 4) is 11.5 Å². The second kappa shape index (κ2) is 8.08. The zero-order valence-electron chi connectivity index (χ0n) is 13.4. The van der Waals surface area contributed by atoms with Crippen LogP contribution in [0.3, 0.4) is 0 Å². The fourth-order valence-corrected chi connectivity index (χ4v) is 2.83. The van der Waals surface area contributed by atoms with Gasteiger partial charge in [0, 0.05) is 26.2 Å². The average molecular weight is 355 g/mol. The van der Waals surface area contributed by atoms with Crippen molar-refractivity contribution in [1.82, 2.24) is 10.2 Å². The second-order valence-electron chi connectivity index (χ2n) is 5.31. The van der Waals surface area contributed by atoms with Crippen molar-refractivity contribution in [2.24, 2.45) is 0 Å². The Morgan fingerprint density at radius 1 is 1.09 bits per heavy atom. The third kappa shape index (κ3) is 4.43. The molecule has 1 aliphatic rings. The summed E-state index contributed by atoms with van der Waals surface area (Å²) in [6.45, 7) is 3.50. The first-order valence-corrected chi connectivity index (χ1v) is 7.12. The summed E-state index contributed by atoms with van der Waals surface area (Å²) in [6.07, 6.45) is -4.41. The van der Waals surface area contributed by atoms with Gasteiger partial charge in [0.2, 0.25) is 0 Å². The predicted octanol–water partition coefficient (Wildman–Crippen LogP) is 2.94. The molecule has 0 spiro atoms. The van der Waals surface area contributed by atoms with Crippen LogP contribution in [0.25, 0.3) is 0 Å². The maximum atomic E-state index is 13.8. The molecule has 8 heteroatoms. The van der Waals surface area contributed by atoms with Gasteiger partial charge in [0.25, 0.3) is 0 Å². The monoisotopic (exact) mass is 354 g/mol. The summed E-state index contributed by atoms with van der Waals surface area (Å²) < 4.78 is 51.7. The molecule has 1 aromatic carbocycles. The van der Waals surface area contributed by atoms with Crippen LogP contribution in [-0.4, -0.2) is 51.5 Å². The van der Waals surface area contributed by atoms with Crippen LogP contribution in [0.4, 0.5) is 13.2 Å². The van der Waals surface area contributed by atoms with Gasteiger partial charge in [-0.1, -0.05) is 0 Å². The smallest absolute Gasteiger partial charge is 0.408 e. The third-order valence-electron chi connectivity index (χ3n) is 3.79. The number of nitrogens with one attached hydrogen (secondary N) is 1. The van der Waals surface area contributed by atoms with Crippen LogP contribution in [0.5, 0.6) is 11.5 Å². The Balaban J connectivity index is 0.00000264. The van der Waals surface area contributed by atoms with E-state index in [0.717, 1.165) is 5.56 Å². The van der Waals surface area contributed by atoms with Gasteiger partial charge in [-0.2, -0.15) is 13.2 Å². The quantitative estimate of drug-likeness (QED) is 0.901. The maximum absolute atomic E-state index is 13.8. The van der Waals surface area contributed by atoms with E-state index in [4.69, 9.17) is 9.47 Å². The highest BCUT2D eigenvalue weighted by atomic mass is 35.5. The maximum Gasteiger partial charge on any atom is 0.408 e. The normalized spacial score (nSPS) is 17.3. The molecule has 1 atom stereocenters. The first-order valence-electron chi connectivity index (χ1n) is 7.12. The molecule has 0 aliphatic carbocycles. The van der Waals surface area contributed by atoms with Crippen LogP contribution in [0.15, 0.2) is 12.1 Å². The van der Waals surface area contributed by atoms with E-state index in [1.54, 1.807) is 19.1 Å². The van der Waals surface area contributed by atoms with Crippen molar-refractivity contribution in [2.45, 2.75) is 19.1 Å². The number of halogens is 4. The van der Waals surface area contributed by atoms with E-state index in [0.29, 0.717) is 26.2 Å². The number of alkyl halides is 3. The second-order valence-corrected chi connectivity index (χ2v) is 5.31. The Kier molecular flexibility index (Phi) is 6.98.